The normalized spacial score (nSPS) is 10.5. The highest BCUT2D eigenvalue weighted by atomic mass is 16.5. The third kappa shape index (κ3) is 6.24. The van der Waals surface area contributed by atoms with Crippen LogP contribution in [0, 0.1) is 5.92 Å². The summed E-state index contributed by atoms with van der Waals surface area (Å²) in [5.74, 6) is 1.00. The minimum atomic E-state index is -0.192. The molecule has 0 bridgehead atoms. The Kier molecular flexibility index (Phi) is 7.21. The summed E-state index contributed by atoms with van der Waals surface area (Å²) in [5.41, 5.74) is 1.94. The van der Waals surface area contributed by atoms with Gasteiger partial charge in [0.2, 0.25) is 5.91 Å². The summed E-state index contributed by atoms with van der Waals surface area (Å²) in [6.45, 7) is 6.78. The molecule has 0 unspecified atom stereocenters. The van der Waals surface area contributed by atoms with Gasteiger partial charge in [0, 0.05) is 23.4 Å². The summed E-state index contributed by atoms with van der Waals surface area (Å²) < 4.78 is 5.62. The molecule has 0 spiro atoms. The molecule has 0 saturated carbocycles. The van der Waals surface area contributed by atoms with Gasteiger partial charge in [-0.2, -0.15) is 0 Å². The van der Waals surface area contributed by atoms with E-state index in [1.165, 1.54) is 0 Å². The maximum absolute atomic E-state index is 12.3. The van der Waals surface area contributed by atoms with Gasteiger partial charge in [0.25, 0.3) is 5.91 Å². The van der Waals surface area contributed by atoms with Crippen molar-refractivity contribution < 1.29 is 14.3 Å². The van der Waals surface area contributed by atoms with Crippen molar-refractivity contribution in [1.82, 2.24) is 0 Å². The van der Waals surface area contributed by atoms with Gasteiger partial charge in [-0.15, -0.1) is 0 Å². The van der Waals surface area contributed by atoms with Crippen LogP contribution in [0.3, 0.4) is 0 Å². The lowest BCUT2D eigenvalue weighted by Crippen LogP contribution is -2.13. The molecule has 138 valence electrons. The summed E-state index contributed by atoms with van der Waals surface area (Å²) in [4.78, 5) is 23.9. The van der Waals surface area contributed by atoms with Crippen LogP contribution in [0.2, 0.25) is 0 Å². The Morgan fingerprint density at radius 2 is 1.50 bits per heavy atom. The molecule has 5 heteroatoms. The van der Waals surface area contributed by atoms with Crippen LogP contribution < -0.4 is 15.4 Å². The molecule has 5 nitrogen and oxygen atoms in total. The Balaban J connectivity index is 1.91. The molecular formula is C21H26N2O3. The minimum Gasteiger partial charge on any atom is -0.493 e. The van der Waals surface area contributed by atoms with E-state index in [0.717, 1.165) is 12.2 Å². The molecule has 0 saturated heterocycles. The lowest BCUT2D eigenvalue weighted by molar-refractivity contribution is -0.116. The van der Waals surface area contributed by atoms with Crippen molar-refractivity contribution in [3.63, 3.8) is 0 Å². The van der Waals surface area contributed by atoms with Crippen molar-refractivity contribution in [1.29, 1.82) is 0 Å². The van der Waals surface area contributed by atoms with Crippen LogP contribution in [-0.4, -0.2) is 18.4 Å². The van der Waals surface area contributed by atoms with Gasteiger partial charge in [0.15, 0.2) is 0 Å². The van der Waals surface area contributed by atoms with Crippen molar-refractivity contribution in [2.24, 2.45) is 5.92 Å². The van der Waals surface area contributed by atoms with Gasteiger partial charge in [0.1, 0.15) is 5.75 Å². The van der Waals surface area contributed by atoms with E-state index in [2.05, 4.69) is 24.5 Å². The molecule has 0 aliphatic carbocycles. The highest BCUT2D eigenvalue weighted by molar-refractivity contribution is 6.04. The van der Waals surface area contributed by atoms with Gasteiger partial charge in [-0.3, -0.25) is 9.59 Å². The first-order valence-electron chi connectivity index (χ1n) is 8.92. The van der Waals surface area contributed by atoms with Crippen LogP contribution in [-0.2, 0) is 4.79 Å². The molecule has 0 radical (unpaired) electrons. The fourth-order valence-corrected chi connectivity index (χ4v) is 2.26. The summed E-state index contributed by atoms with van der Waals surface area (Å²) in [6, 6.07) is 14.1. The van der Waals surface area contributed by atoms with Gasteiger partial charge in [-0.05, 0) is 60.9 Å². The van der Waals surface area contributed by atoms with E-state index >= 15 is 0 Å². The molecule has 2 rings (SSSR count). The number of nitrogens with one attached hydrogen (secondary N) is 2. The molecule has 2 aromatic rings. The van der Waals surface area contributed by atoms with E-state index in [1.54, 1.807) is 48.5 Å². The number of hydrogen-bond acceptors (Lipinski definition) is 3. The maximum atomic E-state index is 12.3. The average Bonchev–Trinajstić information content (AvgIpc) is 2.62. The summed E-state index contributed by atoms with van der Waals surface area (Å²) in [5, 5.41) is 5.66. The van der Waals surface area contributed by atoms with E-state index in [0.29, 0.717) is 35.9 Å². The summed E-state index contributed by atoms with van der Waals surface area (Å²) in [7, 11) is 0. The Bertz CT molecular complexity index is 722. The number of amides is 2. The zero-order valence-corrected chi connectivity index (χ0v) is 15.5. The first-order chi connectivity index (χ1) is 12.5. The van der Waals surface area contributed by atoms with Crippen molar-refractivity contribution in [2.45, 2.75) is 33.6 Å². The second-order valence-corrected chi connectivity index (χ2v) is 6.56. The molecule has 26 heavy (non-hydrogen) atoms. The Morgan fingerprint density at radius 3 is 2.04 bits per heavy atom. The van der Waals surface area contributed by atoms with Gasteiger partial charge in [-0.1, -0.05) is 20.8 Å². The number of rotatable bonds is 8. The van der Waals surface area contributed by atoms with Crippen LogP contribution in [0.5, 0.6) is 5.75 Å². The predicted molar refractivity (Wildman–Crippen MR) is 105 cm³/mol. The van der Waals surface area contributed by atoms with Gasteiger partial charge in [0.05, 0.1) is 6.61 Å². The molecule has 0 aliphatic heterocycles. The largest absolute Gasteiger partial charge is 0.493 e. The van der Waals surface area contributed by atoms with E-state index in [-0.39, 0.29) is 11.8 Å². The standard InChI is InChI=1S/C21H26N2O3/c1-4-5-20(24)22-17-8-10-18(11-9-17)23-21(25)16-6-12-19(13-7-16)26-14-15(2)3/h6-13,15H,4-5,14H2,1-3H3,(H,22,24)(H,23,25). The van der Waals surface area contributed by atoms with Crippen LogP contribution in [0.4, 0.5) is 11.4 Å². The molecule has 0 heterocycles. The number of hydrogen-bond donors (Lipinski definition) is 2. The lowest BCUT2D eigenvalue weighted by atomic mass is 10.2. The van der Waals surface area contributed by atoms with Crippen molar-refractivity contribution in [3.05, 3.63) is 54.1 Å². The molecule has 2 aromatic carbocycles. The van der Waals surface area contributed by atoms with Crippen molar-refractivity contribution in [2.75, 3.05) is 17.2 Å². The second kappa shape index (κ2) is 9.61. The third-order valence-corrected chi connectivity index (χ3v) is 3.60. The van der Waals surface area contributed by atoms with Gasteiger partial charge < -0.3 is 15.4 Å². The zero-order chi connectivity index (χ0) is 18.9. The number of ether oxygens (including phenoxy) is 1. The minimum absolute atomic E-state index is 0.0101. The monoisotopic (exact) mass is 354 g/mol. The van der Waals surface area contributed by atoms with Crippen LogP contribution in [0.1, 0.15) is 44.0 Å². The van der Waals surface area contributed by atoms with Crippen molar-refractivity contribution in [3.8, 4) is 5.75 Å². The number of carbonyl (C=O) groups excluding carboxylic acids is 2. The smallest absolute Gasteiger partial charge is 0.255 e. The zero-order valence-electron chi connectivity index (χ0n) is 15.5. The van der Waals surface area contributed by atoms with Crippen LogP contribution in [0.25, 0.3) is 0 Å². The van der Waals surface area contributed by atoms with Crippen LogP contribution >= 0.6 is 0 Å². The average molecular weight is 354 g/mol. The Morgan fingerprint density at radius 1 is 0.923 bits per heavy atom. The van der Waals surface area contributed by atoms with Crippen molar-refractivity contribution >= 4 is 23.2 Å². The summed E-state index contributed by atoms with van der Waals surface area (Å²) in [6.07, 6.45) is 1.30. The van der Waals surface area contributed by atoms with Gasteiger partial charge >= 0.3 is 0 Å². The molecule has 2 N–H and O–H groups in total. The first kappa shape index (κ1) is 19.5. The molecule has 0 aliphatic rings. The fourth-order valence-electron chi connectivity index (χ4n) is 2.26. The summed E-state index contributed by atoms with van der Waals surface area (Å²) >= 11 is 0. The third-order valence-electron chi connectivity index (χ3n) is 3.60. The van der Waals surface area contributed by atoms with E-state index in [1.807, 2.05) is 6.92 Å². The van der Waals surface area contributed by atoms with E-state index < -0.39 is 0 Å². The number of carbonyl (C=O) groups is 2. The highest BCUT2D eigenvalue weighted by Crippen LogP contribution is 2.17. The predicted octanol–water partition coefficient (Wildman–Crippen LogP) is 4.71. The molecule has 2 amide bonds. The quantitative estimate of drug-likeness (QED) is 0.721. The number of anilines is 2. The maximum Gasteiger partial charge on any atom is 0.255 e. The second-order valence-electron chi connectivity index (χ2n) is 6.56. The van der Waals surface area contributed by atoms with E-state index in [4.69, 9.17) is 4.74 Å². The number of benzene rings is 2. The topological polar surface area (TPSA) is 67.4 Å². The molecular weight excluding hydrogens is 328 g/mol. The van der Waals surface area contributed by atoms with Gasteiger partial charge in [-0.25, -0.2) is 0 Å². The molecule has 0 atom stereocenters. The Labute approximate surface area is 154 Å². The lowest BCUT2D eigenvalue weighted by Gasteiger charge is -2.10. The molecule has 0 aromatic heterocycles. The molecule has 0 fully saturated rings. The SMILES string of the molecule is CCCC(=O)Nc1ccc(NC(=O)c2ccc(OCC(C)C)cc2)cc1. The fraction of sp³-hybridized carbons (Fsp3) is 0.333. The Hall–Kier alpha value is -2.82. The van der Waals surface area contributed by atoms with Crippen LogP contribution in [0.15, 0.2) is 48.5 Å². The highest BCUT2D eigenvalue weighted by Gasteiger charge is 2.07. The van der Waals surface area contributed by atoms with E-state index in [9.17, 15) is 9.59 Å². The first-order valence-corrected chi connectivity index (χ1v) is 8.92.